The Bertz CT molecular complexity index is 1320. The highest BCUT2D eigenvalue weighted by Crippen LogP contribution is 2.26. The fourth-order valence-electron chi connectivity index (χ4n) is 4.02. The number of hydrogen-bond donors (Lipinski definition) is 2. The molecule has 1 fully saturated rings. The molecular formula is C23H28N8O3. The zero-order valence-corrected chi connectivity index (χ0v) is 19.5. The third-order valence-electron chi connectivity index (χ3n) is 5.74. The molecule has 1 saturated heterocycles. The van der Waals surface area contributed by atoms with E-state index in [0.29, 0.717) is 60.6 Å². The lowest BCUT2D eigenvalue weighted by atomic mass is 10.2. The van der Waals surface area contributed by atoms with E-state index >= 15 is 0 Å². The molecule has 1 aliphatic heterocycles. The summed E-state index contributed by atoms with van der Waals surface area (Å²) in [5.41, 5.74) is 3.28. The van der Waals surface area contributed by atoms with Gasteiger partial charge in [-0.05, 0) is 32.9 Å². The van der Waals surface area contributed by atoms with Crippen LogP contribution in [0.15, 0.2) is 24.5 Å². The van der Waals surface area contributed by atoms with Crippen LogP contribution in [0.1, 0.15) is 43.0 Å². The number of hydrogen-bond acceptors (Lipinski definition) is 9. The Labute approximate surface area is 196 Å². The van der Waals surface area contributed by atoms with Crippen LogP contribution in [-0.4, -0.2) is 68.4 Å². The first-order valence-electron chi connectivity index (χ1n) is 11.5. The number of para-hydroxylation sites is 1. The van der Waals surface area contributed by atoms with Gasteiger partial charge < -0.3 is 29.2 Å². The Morgan fingerprint density at radius 1 is 1.21 bits per heavy atom. The Balaban J connectivity index is 1.47. The Hall–Kier alpha value is -3.73. The second kappa shape index (κ2) is 9.26. The van der Waals surface area contributed by atoms with Crippen LogP contribution in [0.5, 0.6) is 0 Å². The predicted molar refractivity (Wildman–Crippen MR) is 128 cm³/mol. The number of benzene rings is 1. The number of H-pyrrole nitrogens is 1. The van der Waals surface area contributed by atoms with Gasteiger partial charge in [0.2, 0.25) is 5.95 Å². The minimum absolute atomic E-state index is 0.210. The molecule has 4 heterocycles. The lowest BCUT2D eigenvalue weighted by Crippen LogP contribution is -2.37. The summed E-state index contributed by atoms with van der Waals surface area (Å²) in [6.45, 7) is 9.44. The lowest BCUT2D eigenvalue weighted by Gasteiger charge is -2.27. The molecule has 5 rings (SSSR count). The van der Waals surface area contributed by atoms with E-state index in [1.807, 2.05) is 16.7 Å². The van der Waals surface area contributed by atoms with Gasteiger partial charge >= 0.3 is 5.97 Å². The minimum Gasteiger partial charge on any atom is -0.462 e. The van der Waals surface area contributed by atoms with Gasteiger partial charge in [0.15, 0.2) is 17.0 Å². The average molecular weight is 465 g/mol. The molecule has 3 aromatic heterocycles. The number of esters is 1. The van der Waals surface area contributed by atoms with E-state index < -0.39 is 0 Å². The van der Waals surface area contributed by atoms with E-state index in [1.165, 1.54) is 0 Å². The average Bonchev–Trinajstić information content (AvgIpc) is 3.47. The van der Waals surface area contributed by atoms with E-state index in [9.17, 15) is 4.79 Å². The number of imidazole rings is 2. The molecule has 0 unspecified atom stereocenters. The second-order valence-corrected chi connectivity index (χ2v) is 8.35. The molecule has 178 valence electrons. The van der Waals surface area contributed by atoms with Crippen molar-refractivity contribution in [1.82, 2.24) is 29.5 Å². The van der Waals surface area contributed by atoms with Crippen molar-refractivity contribution in [3.8, 4) is 0 Å². The Morgan fingerprint density at radius 3 is 2.79 bits per heavy atom. The molecule has 0 aliphatic carbocycles. The first kappa shape index (κ1) is 22.1. The molecule has 0 spiro atoms. The number of rotatable bonds is 7. The van der Waals surface area contributed by atoms with Crippen molar-refractivity contribution in [2.75, 3.05) is 43.1 Å². The summed E-state index contributed by atoms with van der Waals surface area (Å²) in [6, 6.07) is 5.63. The standard InChI is InChI=1S/C23H28N8O3/c1-4-34-22(32)15-6-5-7-16-18(15)27-17(26-16)12-24-20-19-21(31(13-25-19)14(2)3)29-23(28-20)30-8-10-33-11-9-30/h5-7,13-14H,4,8-12H2,1-3H3,(H,26,27)(H,24,28,29). The van der Waals surface area contributed by atoms with Gasteiger partial charge in [-0.25, -0.2) is 14.8 Å². The van der Waals surface area contributed by atoms with E-state index in [4.69, 9.17) is 19.4 Å². The number of anilines is 2. The summed E-state index contributed by atoms with van der Waals surface area (Å²) >= 11 is 0. The van der Waals surface area contributed by atoms with Gasteiger partial charge in [-0.1, -0.05) is 6.07 Å². The number of carbonyl (C=O) groups excluding carboxylic acids is 1. The maximum atomic E-state index is 12.3. The molecule has 0 saturated carbocycles. The van der Waals surface area contributed by atoms with Crippen molar-refractivity contribution < 1.29 is 14.3 Å². The van der Waals surface area contributed by atoms with Crippen LogP contribution in [0.3, 0.4) is 0 Å². The number of morpholine rings is 1. The number of carbonyl (C=O) groups is 1. The molecule has 2 N–H and O–H groups in total. The predicted octanol–water partition coefficient (Wildman–Crippen LogP) is 2.91. The van der Waals surface area contributed by atoms with Gasteiger partial charge in [0.25, 0.3) is 0 Å². The van der Waals surface area contributed by atoms with Crippen molar-refractivity contribution in [2.24, 2.45) is 0 Å². The van der Waals surface area contributed by atoms with Gasteiger partial charge in [0.1, 0.15) is 11.3 Å². The normalized spacial score (nSPS) is 14.3. The SMILES string of the molecule is CCOC(=O)c1cccc2[nH]c(CNc3nc(N4CCOCC4)nc4c3ncn4C(C)C)nc12. The zero-order chi connectivity index (χ0) is 23.7. The summed E-state index contributed by atoms with van der Waals surface area (Å²) in [7, 11) is 0. The summed E-state index contributed by atoms with van der Waals surface area (Å²) in [5.74, 6) is 1.58. The molecule has 1 aromatic carbocycles. The van der Waals surface area contributed by atoms with Crippen molar-refractivity contribution in [3.05, 3.63) is 35.9 Å². The van der Waals surface area contributed by atoms with Gasteiger partial charge in [0, 0.05) is 19.1 Å². The quantitative estimate of drug-likeness (QED) is 0.397. The molecule has 11 nitrogen and oxygen atoms in total. The third-order valence-corrected chi connectivity index (χ3v) is 5.74. The molecule has 4 aromatic rings. The van der Waals surface area contributed by atoms with Crippen LogP contribution in [0.2, 0.25) is 0 Å². The number of nitrogens with one attached hydrogen (secondary N) is 2. The molecule has 0 amide bonds. The molecule has 11 heteroatoms. The summed E-state index contributed by atoms with van der Waals surface area (Å²) in [4.78, 5) is 36.5. The number of aromatic nitrogens is 6. The van der Waals surface area contributed by atoms with Crippen molar-refractivity contribution >= 4 is 39.9 Å². The molecule has 0 bridgehead atoms. The van der Waals surface area contributed by atoms with E-state index in [-0.39, 0.29) is 12.0 Å². The van der Waals surface area contributed by atoms with Gasteiger partial charge in [-0.3, -0.25) is 0 Å². The van der Waals surface area contributed by atoms with Crippen molar-refractivity contribution in [1.29, 1.82) is 0 Å². The number of aromatic amines is 1. The highest BCUT2D eigenvalue weighted by Gasteiger charge is 2.20. The van der Waals surface area contributed by atoms with E-state index in [2.05, 4.69) is 39.0 Å². The monoisotopic (exact) mass is 464 g/mol. The number of ether oxygens (including phenoxy) is 2. The molecular weight excluding hydrogens is 436 g/mol. The zero-order valence-electron chi connectivity index (χ0n) is 19.5. The summed E-state index contributed by atoms with van der Waals surface area (Å²) in [5, 5.41) is 3.38. The smallest absolute Gasteiger partial charge is 0.340 e. The van der Waals surface area contributed by atoms with Gasteiger partial charge in [-0.2, -0.15) is 9.97 Å². The van der Waals surface area contributed by atoms with E-state index in [0.717, 1.165) is 24.3 Å². The van der Waals surface area contributed by atoms with E-state index in [1.54, 1.807) is 19.3 Å². The maximum absolute atomic E-state index is 12.3. The first-order valence-corrected chi connectivity index (χ1v) is 11.5. The van der Waals surface area contributed by atoms with Crippen molar-refractivity contribution in [2.45, 2.75) is 33.4 Å². The minimum atomic E-state index is -0.383. The second-order valence-electron chi connectivity index (χ2n) is 8.35. The van der Waals surface area contributed by atoms with Gasteiger partial charge in [0.05, 0.1) is 43.8 Å². The third kappa shape index (κ3) is 4.14. The summed E-state index contributed by atoms with van der Waals surface area (Å²) < 4.78 is 12.7. The van der Waals surface area contributed by atoms with Gasteiger partial charge in [-0.15, -0.1) is 0 Å². The fourth-order valence-corrected chi connectivity index (χ4v) is 4.02. The molecule has 0 radical (unpaired) electrons. The summed E-state index contributed by atoms with van der Waals surface area (Å²) in [6.07, 6.45) is 1.80. The molecule has 34 heavy (non-hydrogen) atoms. The Kier molecular flexibility index (Phi) is 6.01. The Morgan fingerprint density at radius 2 is 2.03 bits per heavy atom. The van der Waals surface area contributed by atoms with Crippen LogP contribution >= 0.6 is 0 Å². The molecule has 0 atom stereocenters. The molecule has 1 aliphatic rings. The van der Waals surface area contributed by atoms with Crippen molar-refractivity contribution in [3.63, 3.8) is 0 Å². The number of fused-ring (bicyclic) bond motifs is 2. The fraction of sp³-hybridized carbons (Fsp3) is 0.435. The first-order chi connectivity index (χ1) is 16.5. The lowest BCUT2D eigenvalue weighted by molar-refractivity contribution is 0.0528. The topological polar surface area (TPSA) is 123 Å². The highest BCUT2D eigenvalue weighted by atomic mass is 16.5. The number of nitrogens with zero attached hydrogens (tertiary/aromatic N) is 6. The van der Waals surface area contributed by atoms with Crippen LogP contribution in [0.25, 0.3) is 22.2 Å². The van der Waals surface area contributed by atoms with Crippen LogP contribution in [-0.2, 0) is 16.0 Å². The highest BCUT2D eigenvalue weighted by molar-refractivity contribution is 6.02. The van der Waals surface area contributed by atoms with Crippen LogP contribution in [0, 0.1) is 0 Å². The maximum Gasteiger partial charge on any atom is 0.340 e. The van der Waals surface area contributed by atoms with Crippen LogP contribution in [0.4, 0.5) is 11.8 Å². The van der Waals surface area contributed by atoms with Crippen LogP contribution < -0.4 is 10.2 Å². The largest absolute Gasteiger partial charge is 0.462 e.